The van der Waals surface area contributed by atoms with Gasteiger partial charge in [-0.05, 0) is 47.6 Å². The highest BCUT2D eigenvalue weighted by Crippen LogP contribution is 2.49. The molecule has 0 saturated heterocycles. The fourth-order valence-electron chi connectivity index (χ4n) is 3.22. The monoisotopic (exact) mass is 392 g/mol. The molecule has 1 atom stereocenters. The smallest absolute Gasteiger partial charge is 0.0934 e. The average Bonchev–Trinajstić information content (AvgIpc) is 2.55. The van der Waals surface area contributed by atoms with Crippen molar-refractivity contribution in [1.29, 1.82) is 0 Å². The number of benzene rings is 2. The molecule has 132 valence electrons. The molecule has 1 nitrogen and oxygen atoms in total. The summed E-state index contributed by atoms with van der Waals surface area (Å²) in [6.45, 7) is 4.42. The minimum Gasteiger partial charge on any atom is -0.512 e. The second-order valence-corrected chi connectivity index (χ2v) is 9.29. The summed E-state index contributed by atoms with van der Waals surface area (Å²) >= 11 is 14.1. The van der Waals surface area contributed by atoms with E-state index in [-0.39, 0.29) is 10.7 Å². The third kappa shape index (κ3) is 4.55. The number of halogens is 2. The van der Waals surface area contributed by atoms with Gasteiger partial charge in [0, 0.05) is 16.3 Å². The van der Waals surface area contributed by atoms with Crippen molar-refractivity contribution in [1.82, 2.24) is 0 Å². The molecule has 1 unspecified atom stereocenters. The Morgan fingerprint density at radius 3 is 2.44 bits per heavy atom. The van der Waals surface area contributed by atoms with E-state index in [1.54, 1.807) is 17.8 Å². The molecular formula is C21H22Cl2OS. The zero-order valence-corrected chi connectivity index (χ0v) is 16.8. The number of hydrogen-bond acceptors (Lipinski definition) is 2. The van der Waals surface area contributed by atoms with Crippen molar-refractivity contribution in [3.63, 3.8) is 0 Å². The number of aliphatic hydroxyl groups is 1. The molecule has 4 heteroatoms. The van der Waals surface area contributed by atoms with Crippen molar-refractivity contribution in [3.8, 4) is 0 Å². The lowest BCUT2D eigenvalue weighted by molar-refractivity contribution is 0.238. The molecule has 0 saturated carbocycles. The first kappa shape index (κ1) is 18.7. The highest BCUT2D eigenvalue weighted by Gasteiger charge is 2.31. The number of rotatable bonds is 4. The first-order valence-corrected chi connectivity index (χ1v) is 10.1. The van der Waals surface area contributed by atoms with E-state index >= 15 is 0 Å². The van der Waals surface area contributed by atoms with Crippen LogP contribution < -0.4 is 0 Å². The summed E-state index contributed by atoms with van der Waals surface area (Å²) in [6, 6.07) is 15.9. The van der Waals surface area contributed by atoms with E-state index < -0.39 is 0 Å². The Morgan fingerprint density at radius 1 is 1.08 bits per heavy atom. The van der Waals surface area contributed by atoms with Crippen LogP contribution in [0.5, 0.6) is 0 Å². The molecule has 0 bridgehead atoms. The van der Waals surface area contributed by atoms with Gasteiger partial charge in [0.15, 0.2) is 0 Å². The van der Waals surface area contributed by atoms with Gasteiger partial charge >= 0.3 is 0 Å². The van der Waals surface area contributed by atoms with Gasteiger partial charge in [0.1, 0.15) is 0 Å². The lowest BCUT2D eigenvalue weighted by Gasteiger charge is -2.33. The van der Waals surface area contributed by atoms with Crippen LogP contribution >= 0.6 is 35.0 Å². The van der Waals surface area contributed by atoms with Crippen LogP contribution in [0, 0.1) is 5.41 Å². The topological polar surface area (TPSA) is 20.2 Å². The van der Waals surface area contributed by atoms with Crippen LogP contribution in [0.15, 0.2) is 64.8 Å². The second kappa shape index (κ2) is 7.65. The molecule has 0 amide bonds. The van der Waals surface area contributed by atoms with Gasteiger partial charge in [-0.1, -0.05) is 67.4 Å². The predicted molar refractivity (Wildman–Crippen MR) is 109 cm³/mol. The van der Waals surface area contributed by atoms with Crippen LogP contribution in [0.1, 0.15) is 43.9 Å². The van der Waals surface area contributed by atoms with Crippen molar-refractivity contribution in [2.45, 2.75) is 43.3 Å². The van der Waals surface area contributed by atoms with E-state index in [0.29, 0.717) is 15.8 Å². The Balaban J connectivity index is 1.99. The lowest BCUT2D eigenvalue weighted by atomic mass is 9.76. The average molecular weight is 393 g/mol. The standard InChI is InChI=1S/C21H22Cl2OS/c1-21(2)11-10-16(18(24)13-21)20(14-6-4-3-5-7-14)25-19-9-8-15(22)12-17(19)23/h3-9,12,20,24H,10-11,13H2,1-2H3. The van der Waals surface area contributed by atoms with Crippen molar-refractivity contribution in [3.05, 3.63) is 75.5 Å². The largest absolute Gasteiger partial charge is 0.512 e. The lowest BCUT2D eigenvalue weighted by Crippen LogP contribution is -2.20. The van der Waals surface area contributed by atoms with Gasteiger partial charge in [-0.15, -0.1) is 11.8 Å². The molecule has 25 heavy (non-hydrogen) atoms. The summed E-state index contributed by atoms with van der Waals surface area (Å²) in [7, 11) is 0. The summed E-state index contributed by atoms with van der Waals surface area (Å²) in [4.78, 5) is 0.977. The molecule has 1 N–H and O–H groups in total. The fourth-order valence-corrected chi connectivity index (χ4v) is 5.02. The van der Waals surface area contributed by atoms with Crippen LogP contribution in [-0.2, 0) is 0 Å². The zero-order valence-electron chi connectivity index (χ0n) is 14.4. The first-order chi connectivity index (χ1) is 11.9. The Morgan fingerprint density at radius 2 is 1.80 bits per heavy atom. The highest BCUT2D eigenvalue weighted by molar-refractivity contribution is 7.99. The van der Waals surface area contributed by atoms with Gasteiger partial charge in [-0.25, -0.2) is 0 Å². The van der Waals surface area contributed by atoms with Gasteiger partial charge in [-0.3, -0.25) is 0 Å². The Kier molecular flexibility index (Phi) is 5.72. The number of thioether (sulfide) groups is 1. The quantitative estimate of drug-likeness (QED) is 0.534. The van der Waals surface area contributed by atoms with Crippen LogP contribution in [0.25, 0.3) is 0 Å². The molecule has 0 aliphatic heterocycles. The molecule has 0 aromatic heterocycles. The van der Waals surface area contributed by atoms with Gasteiger partial charge in [0.05, 0.1) is 16.0 Å². The van der Waals surface area contributed by atoms with Gasteiger partial charge in [0.2, 0.25) is 0 Å². The molecule has 3 rings (SSSR count). The van der Waals surface area contributed by atoms with E-state index in [9.17, 15) is 5.11 Å². The number of hydrogen-bond donors (Lipinski definition) is 1. The SMILES string of the molecule is CC1(C)CCC(C(Sc2ccc(Cl)cc2Cl)c2ccccc2)=C(O)C1. The summed E-state index contributed by atoms with van der Waals surface area (Å²) in [5.74, 6) is 0.530. The minimum atomic E-state index is 0.0518. The van der Waals surface area contributed by atoms with Crippen LogP contribution in [0.4, 0.5) is 0 Å². The number of allylic oxidation sites excluding steroid dienone is 1. The summed E-state index contributed by atoms with van der Waals surface area (Å²) in [5.41, 5.74) is 2.44. The van der Waals surface area contributed by atoms with Crippen molar-refractivity contribution >= 4 is 35.0 Å². The molecule has 0 radical (unpaired) electrons. The fraction of sp³-hybridized carbons (Fsp3) is 0.333. The van der Waals surface area contributed by atoms with Crippen LogP contribution in [0.3, 0.4) is 0 Å². The molecule has 2 aromatic carbocycles. The van der Waals surface area contributed by atoms with Gasteiger partial charge in [0.25, 0.3) is 0 Å². The first-order valence-electron chi connectivity index (χ1n) is 8.43. The van der Waals surface area contributed by atoms with E-state index in [1.165, 1.54) is 5.56 Å². The van der Waals surface area contributed by atoms with Crippen LogP contribution in [0.2, 0.25) is 10.0 Å². The molecular weight excluding hydrogens is 371 g/mol. The summed E-state index contributed by atoms with van der Waals surface area (Å²) < 4.78 is 0. The van der Waals surface area contributed by atoms with Gasteiger partial charge < -0.3 is 5.11 Å². The van der Waals surface area contributed by atoms with E-state index in [1.807, 2.05) is 30.3 Å². The molecule has 1 aliphatic rings. The number of aliphatic hydroxyl groups excluding tert-OH is 1. The van der Waals surface area contributed by atoms with E-state index in [2.05, 4.69) is 26.0 Å². The maximum atomic E-state index is 10.7. The zero-order chi connectivity index (χ0) is 18.0. The van der Waals surface area contributed by atoms with Crippen LogP contribution in [-0.4, -0.2) is 5.11 Å². The summed E-state index contributed by atoms with van der Waals surface area (Å²) in [5, 5.41) is 12.1. The van der Waals surface area contributed by atoms with Gasteiger partial charge in [-0.2, -0.15) is 0 Å². The molecule has 2 aromatic rings. The third-order valence-electron chi connectivity index (χ3n) is 4.65. The third-order valence-corrected chi connectivity index (χ3v) is 6.71. The Hall–Kier alpha value is -1.09. The second-order valence-electron chi connectivity index (χ2n) is 7.30. The maximum absolute atomic E-state index is 10.7. The summed E-state index contributed by atoms with van der Waals surface area (Å²) in [6.07, 6.45) is 2.70. The maximum Gasteiger partial charge on any atom is 0.0934 e. The van der Waals surface area contributed by atoms with E-state index in [0.717, 1.165) is 29.7 Å². The van der Waals surface area contributed by atoms with Crippen molar-refractivity contribution in [2.24, 2.45) is 5.41 Å². The molecule has 0 fully saturated rings. The Labute approximate surface area is 164 Å². The molecule has 0 heterocycles. The van der Waals surface area contributed by atoms with Crippen molar-refractivity contribution < 1.29 is 5.11 Å². The Bertz CT molecular complexity index is 784. The highest BCUT2D eigenvalue weighted by atomic mass is 35.5. The van der Waals surface area contributed by atoms with E-state index in [4.69, 9.17) is 23.2 Å². The molecule has 1 aliphatic carbocycles. The van der Waals surface area contributed by atoms with Crippen molar-refractivity contribution in [2.75, 3.05) is 0 Å². The normalized spacial score (nSPS) is 18.2. The minimum absolute atomic E-state index is 0.0518. The molecule has 0 spiro atoms. The predicted octanol–water partition coefficient (Wildman–Crippen LogP) is 7.85.